The molecule has 1 saturated carbocycles. The maximum Gasteiger partial charge on any atom is 0.416 e. The van der Waals surface area contributed by atoms with Crippen molar-refractivity contribution in [3.05, 3.63) is 41.0 Å². The number of methoxy groups -OCH3 is 1. The molecule has 234 valence electrons. The largest absolute Gasteiger partial charge is 0.416 e. The van der Waals surface area contributed by atoms with E-state index in [-0.39, 0.29) is 24.0 Å². The molecular formula is C26H30F5N7O5. The molecule has 0 unspecified atom stereocenters. The molecule has 2 atom stereocenters. The third kappa shape index (κ3) is 6.56. The number of nitrogens with zero attached hydrogens (tertiary/aromatic N) is 4. The Morgan fingerprint density at radius 2 is 1.98 bits per heavy atom. The van der Waals surface area contributed by atoms with E-state index in [0.717, 1.165) is 31.6 Å². The molecule has 2 fully saturated rings. The van der Waals surface area contributed by atoms with Crippen LogP contribution in [0.15, 0.2) is 22.8 Å². The minimum atomic E-state index is -4.70. The number of ether oxygens (including phenoxy) is 2. The molecule has 2 aliphatic rings. The van der Waals surface area contributed by atoms with Crippen molar-refractivity contribution in [1.82, 2.24) is 35.8 Å². The fourth-order valence-electron chi connectivity index (χ4n) is 4.64. The van der Waals surface area contributed by atoms with Crippen LogP contribution in [0.4, 0.5) is 26.7 Å². The number of H-pyrrole nitrogens is 1. The molecule has 5 rings (SSSR count). The van der Waals surface area contributed by atoms with Gasteiger partial charge in [0.1, 0.15) is 17.6 Å². The summed E-state index contributed by atoms with van der Waals surface area (Å²) in [5.74, 6) is -3.82. The third-order valence-corrected chi connectivity index (χ3v) is 7.39. The minimum absolute atomic E-state index is 0.0115. The van der Waals surface area contributed by atoms with E-state index in [1.165, 1.54) is 7.11 Å². The van der Waals surface area contributed by atoms with Crippen LogP contribution in [0.1, 0.15) is 72.3 Å². The Bertz CT molecular complexity index is 1490. The standard InChI is InChI=1S/C26H30F5N7O5/c1-24(2,26(29,30)31)42-9-17(35-22(39)20-19(13-4-5-13)36-43-37-20)21-33-15-7-6-14(8-16(15)34-21)18(10-41-3)38-12-25(27,28)11-32-23(38)40/h6-8,13,17-18H,4-5,9-12H2,1-3H3,(H,32,40)(H,33,34)(H,35,39)/t17-,18+/m0/s1. The normalized spacial score (nSPS) is 18.9. The number of aromatic amines is 1. The predicted molar refractivity (Wildman–Crippen MR) is 138 cm³/mol. The van der Waals surface area contributed by atoms with Crippen LogP contribution in [-0.4, -0.2) is 88.2 Å². The minimum Gasteiger partial charge on any atom is -0.382 e. The van der Waals surface area contributed by atoms with Gasteiger partial charge in [0.15, 0.2) is 11.3 Å². The number of hydrogen-bond donors (Lipinski definition) is 3. The topological polar surface area (TPSA) is 148 Å². The molecule has 0 radical (unpaired) electrons. The summed E-state index contributed by atoms with van der Waals surface area (Å²) in [6.45, 7) is -0.599. The summed E-state index contributed by atoms with van der Waals surface area (Å²) in [7, 11) is 1.37. The van der Waals surface area contributed by atoms with Crippen LogP contribution in [-0.2, 0) is 9.47 Å². The number of nitrogens with one attached hydrogen (secondary N) is 3. The lowest BCUT2D eigenvalue weighted by Gasteiger charge is -2.38. The van der Waals surface area contributed by atoms with Gasteiger partial charge < -0.3 is 30.0 Å². The molecule has 3 amide bonds. The lowest BCUT2D eigenvalue weighted by atomic mass is 10.0. The number of carbonyl (C=O) groups is 2. The van der Waals surface area contributed by atoms with E-state index < -0.39 is 61.4 Å². The zero-order valence-electron chi connectivity index (χ0n) is 23.4. The number of benzene rings is 1. The van der Waals surface area contributed by atoms with Gasteiger partial charge in [0.05, 0.1) is 43.4 Å². The maximum absolute atomic E-state index is 14.2. The highest BCUT2D eigenvalue weighted by atomic mass is 19.4. The number of amides is 3. The first-order chi connectivity index (χ1) is 20.2. The van der Waals surface area contributed by atoms with Gasteiger partial charge in [-0.3, -0.25) is 4.79 Å². The summed E-state index contributed by atoms with van der Waals surface area (Å²) in [5.41, 5.74) is -1.11. The van der Waals surface area contributed by atoms with Gasteiger partial charge in [-0.05, 0) is 49.5 Å². The van der Waals surface area contributed by atoms with Crippen LogP contribution in [0.3, 0.4) is 0 Å². The zero-order valence-corrected chi connectivity index (χ0v) is 23.4. The molecular weight excluding hydrogens is 585 g/mol. The number of carbonyl (C=O) groups excluding carboxylic acids is 2. The molecule has 43 heavy (non-hydrogen) atoms. The summed E-state index contributed by atoms with van der Waals surface area (Å²) in [6.07, 6.45) is -3.10. The van der Waals surface area contributed by atoms with Gasteiger partial charge in [0.2, 0.25) is 0 Å². The number of halogens is 5. The SMILES string of the molecule is COC[C@H](c1ccc2[nH]c([C@H](COC(C)(C)C(F)(F)F)NC(=O)c3nonc3C3CC3)nc2c1)N1CC(F)(F)CNC1=O. The third-order valence-electron chi connectivity index (χ3n) is 7.39. The average molecular weight is 616 g/mol. The van der Waals surface area contributed by atoms with Crippen molar-refractivity contribution in [2.45, 2.75) is 62.4 Å². The van der Waals surface area contributed by atoms with Gasteiger partial charge >= 0.3 is 12.2 Å². The maximum atomic E-state index is 14.2. The van der Waals surface area contributed by atoms with E-state index in [0.29, 0.717) is 22.3 Å². The Morgan fingerprint density at radius 1 is 1.23 bits per heavy atom. The van der Waals surface area contributed by atoms with Gasteiger partial charge in [-0.1, -0.05) is 11.2 Å². The van der Waals surface area contributed by atoms with Crippen molar-refractivity contribution in [3.8, 4) is 0 Å². The first kappa shape index (κ1) is 30.6. The van der Waals surface area contributed by atoms with Gasteiger partial charge in [0, 0.05) is 13.0 Å². The van der Waals surface area contributed by atoms with Crippen LogP contribution in [0, 0.1) is 0 Å². The van der Waals surface area contributed by atoms with E-state index in [1.807, 2.05) is 0 Å². The monoisotopic (exact) mass is 615 g/mol. The summed E-state index contributed by atoms with van der Waals surface area (Å²) in [4.78, 5) is 34.0. The average Bonchev–Trinajstić information content (AvgIpc) is 3.49. The number of aromatic nitrogens is 4. The summed E-state index contributed by atoms with van der Waals surface area (Å²) in [5, 5.41) is 12.3. The van der Waals surface area contributed by atoms with E-state index in [4.69, 9.17) is 14.1 Å². The van der Waals surface area contributed by atoms with Crippen LogP contribution in [0.5, 0.6) is 0 Å². The van der Waals surface area contributed by atoms with E-state index in [2.05, 4.69) is 30.9 Å². The Morgan fingerprint density at radius 3 is 2.65 bits per heavy atom. The first-order valence-electron chi connectivity index (χ1n) is 13.4. The Balaban J connectivity index is 1.45. The summed E-state index contributed by atoms with van der Waals surface area (Å²) in [6, 6.07) is 1.94. The second kappa shape index (κ2) is 11.3. The van der Waals surface area contributed by atoms with Crippen molar-refractivity contribution in [1.29, 1.82) is 0 Å². The smallest absolute Gasteiger partial charge is 0.382 e. The van der Waals surface area contributed by atoms with Crippen molar-refractivity contribution >= 4 is 23.0 Å². The molecule has 0 bridgehead atoms. The van der Waals surface area contributed by atoms with Crippen LogP contribution in [0.2, 0.25) is 0 Å². The van der Waals surface area contributed by atoms with Crippen LogP contribution in [0.25, 0.3) is 11.0 Å². The zero-order chi connectivity index (χ0) is 31.2. The van der Waals surface area contributed by atoms with Crippen molar-refractivity contribution in [2.75, 3.05) is 33.4 Å². The fraction of sp³-hybridized carbons (Fsp3) is 0.577. The number of alkyl halides is 5. The van der Waals surface area contributed by atoms with Crippen LogP contribution >= 0.6 is 0 Å². The molecule has 12 nitrogen and oxygen atoms in total. The number of urea groups is 1. The molecule has 3 N–H and O–H groups in total. The Hall–Kier alpha value is -3.86. The molecule has 0 spiro atoms. The second-order valence-electron chi connectivity index (χ2n) is 11.1. The van der Waals surface area contributed by atoms with Gasteiger partial charge in [-0.2, -0.15) is 13.2 Å². The fourth-order valence-corrected chi connectivity index (χ4v) is 4.64. The van der Waals surface area contributed by atoms with Gasteiger partial charge in [-0.25, -0.2) is 23.2 Å². The van der Waals surface area contributed by atoms with E-state index in [9.17, 15) is 31.5 Å². The number of hydrogen-bond acceptors (Lipinski definition) is 8. The number of rotatable bonds is 11. The Labute approximate surface area is 241 Å². The number of imidazole rings is 1. The quantitative estimate of drug-likeness (QED) is 0.274. The van der Waals surface area contributed by atoms with Crippen molar-refractivity contribution < 1.29 is 45.6 Å². The lowest BCUT2D eigenvalue weighted by molar-refractivity contribution is -0.265. The first-order valence-corrected chi connectivity index (χ1v) is 13.4. The molecule has 3 heterocycles. The summed E-state index contributed by atoms with van der Waals surface area (Å²) >= 11 is 0. The van der Waals surface area contributed by atoms with Crippen molar-refractivity contribution in [3.63, 3.8) is 0 Å². The molecule has 2 aromatic heterocycles. The highest BCUT2D eigenvalue weighted by Gasteiger charge is 2.49. The highest BCUT2D eigenvalue weighted by molar-refractivity contribution is 5.93. The number of fused-ring (bicyclic) bond motifs is 1. The van der Waals surface area contributed by atoms with Gasteiger partial charge in [-0.15, -0.1) is 0 Å². The molecule has 1 aliphatic carbocycles. The highest BCUT2D eigenvalue weighted by Crippen LogP contribution is 2.40. The van der Waals surface area contributed by atoms with Gasteiger partial charge in [0.25, 0.3) is 11.8 Å². The Kier molecular flexibility index (Phi) is 8.06. The molecule has 3 aromatic rings. The van der Waals surface area contributed by atoms with E-state index in [1.54, 1.807) is 18.2 Å². The predicted octanol–water partition coefficient (Wildman–Crippen LogP) is 4.00. The lowest BCUT2D eigenvalue weighted by Crippen LogP contribution is -2.58. The second-order valence-corrected chi connectivity index (χ2v) is 11.1. The van der Waals surface area contributed by atoms with Crippen molar-refractivity contribution in [2.24, 2.45) is 0 Å². The van der Waals surface area contributed by atoms with Crippen LogP contribution < -0.4 is 10.6 Å². The molecule has 1 saturated heterocycles. The molecule has 1 aliphatic heterocycles. The van der Waals surface area contributed by atoms with E-state index >= 15 is 0 Å². The summed E-state index contributed by atoms with van der Waals surface area (Å²) < 4.78 is 84.1. The molecule has 1 aromatic carbocycles. The molecule has 17 heteroatoms.